The zero-order valence-corrected chi connectivity index (χ0v) is 12.1. The summed E-state index contributed by atoms with van der Waals surface area (Å²) >= 11 is 1.96. The molecule has 1 N–H and O–H groups in total. The molecule has 1 aliphatic heterocycles. The van der Waals surface area contributed by atoms with Gasteiger partial charge in [-0.25, -0.2) is 0 Å². The number of amidine groups is 1. The van der Waals surface area contributed by atoms with Gasteiger partial charge in [0.1, 0.15) is 0 Å². The van der Waals surface area contributed by atoms with Crippen LogP contribution in [0.2, 0.25) is 0 Å². The van der Waals surface area contributed by atoms with Gasteiger partial charge < -0.3 is 5.32 Å². The number of hydrogen-bond acceptors (Lipinski definition) is 3. The third-order valence-corrected chi connectivity index (χ3v) is 6.70. The predicted octanol–water partition coefficient (Wildman–Crippen LogP) is 3.28. The first-order valence-electron chi connectivity index (χ1n) is 7.66. The molecule has 5 aliphatic rings. The highest BCUT2D eigenvalue weighted by molar-refractivity contribution is 8.13. The quantitative estimate of drug-likeness (QED) is 0.786. The van der Waals surface area contributed by atoms with Crippen molar-refractivity contribution in [2.24, 2.45) is 28.7 Å². The van der Waals surface area contributed by atoms with Crippen LogP contribution in [0.15, 0.2) is 4.99 Å². The average molecular weight is 264 g/mol. The molecule has 4 saturated carbocycles. The Hall–Kier alpha value is -0.180. The molecule has 0 saturated heterocycles. The molecule has 2 nitrogen and oxygen atoms in total. The van der Waals surface area contributed by atoms with E-state index in [9.17, 15) is 0 Å². The predicted molar refractivity (Wildman–Crippen MR) is 78.0 cm³/mol. The van der Waals surface area contributed by atoms with E-state index < -0.39 is 0 Å². The molecule has 5 rings (SSSR count). The van der Waals surface area contributed by atoms with Crippen molar-refractivity contribution in [2.75, 3.05) is 12.3 Å². The molecular formula is C15H24N2S. The Morgan fingerprint density at radius 3 is 2.22 bits per heavy atom. The van der Waals surface area contributed by atoms with Crippen molar-refractivity contribution in [3.8, 4) is 0 Å². The Morgan fingerprint density at radius 2 is 1.72 bits per heavy atom. The zero-order valence-electron chi connectivity index (χ0n) is 11.3. The Balaban J connectivity index is 1.51. The summed E-state index contributed by atoms with van der Waals surface area (Å²) in [4.78, 5) is 4.76. The minimum absolute atomic E-state index is 0.446. The molecule has 0 spiro atoms. The third kappa shape index (κ3) is 1.99. The van der Waals surface area contributed by atoms with E-state index in [4.69, 9.17) is 4.99 Å². The van der Waals surface area contributed by atoms with E-state index in [1.54, 1.807) is 0 Å². The molecule has 4 aliphatic carbocycles. The van der Waals surface area contributed by atoms with Crippen LogP contribution in [0.5, 0.6) is 0 Å². The van der Waals surface area contributed by atoms with Gasteiger partial charge in [-0.15, -0.1) is 0 Å². The molecule has 0 amide bonds. The maximum Gasteiger partial charge on any atom is 0.156 e. The van der Waals surface area contributed by atoms with Crippen molar-refractivity contribution in [3.05, 3.63) is 0 Å². The number of hydrogen-bond donors (Lipinski definition) is 1. The second-order valence-electron chi connectivity index (χ2n) is 7.38. The van der Waals surface area contributed by atoms with Gasteiger partial charge in [-0.1, -0.05) is 18.7 Å². The molecule has 0 aromatic rings. The van der Waals surface area contributed by atoms with Crippen molar-refractivity contribution < 1.29 is 0 Å². The lowest BCUT2D eigenvalue weighted by molar-refractivity contribution is -0.00967. The second kappa shape index (κ2) is 4.16. The van der Waals surface area contributed by atoms with Gasteiger partial charge in [-0.05, 0) is 62.2 Å². The van der Waals surface area contributed by atoms with E-state index in [1.807, 2.05) is 11.8 Å². The lowest BCUT2D eigenvalue weighted by Crippen LogP contribution is -2.59. The minimum atomic E-state index is 0.446. The molecule has 0 aromatic carbocycles. The molecule has 1 atom stereocenters. The van der Waals surface area contributed by atoms with Crippen molar-refractivity contribution in [1.82, 2.24) is 5.32 Å². The molecular weight excluding hydrogens is 240 g/mol. The highest BCUT2D eigenvalue weighted by atomic mass is 32.2. The molecule has 4 bridgehead atoms. The minimum Gasteiger partial charge on any atom is -0.359 e. The number of aliphatic imine (C=N–C) groups is 1. The van der Waals surface area contributed by atoms with Crippen LogP contribution in [0, 0.1) is 23.7 Å². The molecule has 3 heteroatoms. The van der Waals surface area contributed by atoms with Crippen LogP contribution >= 0.6 is 11.8 Å². The van der Waals surface area contributed by atoms with Crippen LogP contribution in [-0.4, -0.2) is 23.0 Å². The standard InChI is InChI=1S/C15H24N2S/c1-10-8-16-14(18-9-10)17-15-5-11-2-12(6-15)4-13(3-11)7-15/h10-13H,2-9H2,1H3,(H,16,17). The summed E-state index contributed by atoms with van der Waals surface area (Å²) in [5.41, 5.74) is 0.446. The van der Waals surface area contributed by atoms with Gasteiger partial charge in [-0.3, -0.25) is 4.99 Å². The van der Waals surface area contributed by atoms with Crippen molar-refractivity contribution >= 4 is 16.9 Å². The zero-order chi connectivity index (χ0) is 12.2. The maximum absolute atomic E-state index is 4.76. The first-order chi connectivity index (χ1) is 8.71. The largest absolute Gasteiger partial charge is 0.359 e. The highest BCUT2D eigenvalue weighted by Crippen LogP contribution is 2.55. The molecule has 1 unspecified atom stereocenters. The molecule has 0 radical (unpaired) electrons. The van der Waals surface area contributed by atoms with Gasteiger partial charge in [0.05, 0.1) is 0 Å². The summed E-state index contributed by atoms with van der Waals surface area (Å²) in [7, 11) is 0. The fourth-order valence-corrected chi connectivity index (χ4v) is 6.13. The fraction of sp³-hybridized carbons (Fsp3) is 0.933. The lowest BCUT2D eigenvalue weighted by atomic mass is 9.53. The Kier molecular flexibility index (Phi) is 2.69. The number of rotatable bonds is 1. The first kappa shape index (κ1) is 11.6. The van der Waals surface area contributed by atoms with Crippen LogP contribution < -0.4 is 5.32 Å². The summed E-state index contributed by atoms with van der Waals surface area (Å²) in [6, 6.07) is 0. The van der Waals surface area contributed by atoms with Crippen LogP contribution in [0.25, 0.3) is 0 Å². The van der Waals surface area contributed by atoms with E-state index in [-0.39, 0.29) is 0 Å². The van der Waals surface area contributed by atoms with E-state index in [0.717, 1.165) is 30.2 Å². The molecule has 4 fully saturated rings. The Morgan fingerprint density at radius 1 is 1.11 bits per heavy atom. The van der Waals surface area contributed by atoms with Crippen molar-refractivity contribution in [2.45, 2.75) is 51.0 Å². The summed E-state index contributed by atoms with van der Waals surface area (Å²) in [5, 5.41) is 5.16. The maximum atomic E-state index is 4.76. The van der Waals surface area contributed by atoms with Crippen molar-refractivity contribution in [1.29, 1.82) is 0 Å². The number of nitrogens with zero attached hydrogens (tertiary/aromatic N) is 1. The van der Waals surface area contributed by atoms with E-state index in [2.05, 4.69) is 12.2 Å². The first-order valence-corrected chi connectivity index (χ1v) is 8.65. The number of nitrogens with one attached hydrogen (secondary N) is 1. The average Bonchev–Trinajstić information content (AvgIpc) is 2.30. The summed E-state index contributed by atoms with van der Waals surface area (Å²) in [6.45, 7) is 3.33. The molecule has 100 valence electrons. The van der Waals surface area contributed by atoms with Crippen molar-refractivity contribution in [3.63, 3.8) is 0 Å². The van der Waals surface area contributed by atoms with E-state index in [1.165, 1.54) is 49.4 Å². The molecule has 0 aromatic heterocycles. The second-order valence-corrected chi connectivity index (χ2v) is 8.39. The van der Waals surface area contributed by atoms with Crippen LogP contribution in [0.1, 0.15) is 45.4 Å². The highest BCUT2D eigenvalue weighted by Gasteiger charge is 2.51. The fourth-order valence-electron chi connectivity index (χ4n) is 5.12. The smallest absolute Gasteiger partial charge is 0.156 e. The van der Waals surface area contributed by atoms with Gasteiger partial charge in [-0.2, -0.15) is 0 Å². The Labute approximate surface area is 114 Å². The third-order valence-electron chi connectivity index (χ3n) is 5.46. The van der Waals surface area contributed by atoms with Gasteiger partial charge in [0.25, 0.3) is 0 Å². The Bertz CT molecular complexity index is 341. The monoisotopic (exact) mass is 264 g/mol. The topological polar surface area (TPSA) is 24.4 Å². The summed E-state index contributed by atoms with van der Waals surface area (Å²) in [5.74, 6) is 5.08. The number of thioether (sulfide) groups is 1. The van der Waals surface area contributed by atoms with Crippen LogP contribution in [-0.2, 0) is 0 Å². The van der Waals surface area contributed by atoms with Gasteiger partial charge >= 0.3 is 0 Å². The summed E-state index contributed by atoms with van der Waals surface area (Å²) in [6.07, 6.45) is 8.85. The van der Waals surface area contributed by atoms with Crippen LogP contribution in [0.3, 0.4) is 0 Å². The van der Waals surface area contributed by atoms with Gasteiger partial charge in [0.15, 0.2) is 5.17 Å². The SMILES string of the molecule is CC1CN=C(NC23CC4CC(CC(C4)C2)C3)SC1. The van der Waals surface area contributed by atoms with E-state index in [0.29, 0.717) is 5.54 Å². The molecule has 18 heavy (non-hydrogen) atoms. The van der Waals surface area contributed by atoms with Gasteiger partial charge in [0, 0.05) is 17.8 Å². The van der Waals surface area contributed by atoms with E-state index >= 15 is 0 Å². The van der Waals surface area contributed by atoms with Crippen LogP contribution in [0.4, 0.5) is 0 Å². The van der Waals surface area contributed by atoms with Gasteiger partial charge in [0.2, 0.25) is 0 Å². The lowest BCUT2D eigenvalue weighted by Gasteiger charge is -2.57. The molecule has 1 heterocycles. The normalized spacial score (nSPS) is 50.2. The summed E-state index contributed by atoms with van der Waals surface area (Å²) < 4.78 is 0.